The lowest BCUT2D eigenvalue weighted by atomic mass is 10.00. The molecule has 7 nitrogen and oxygen atoms in total. The lowest BCUT2D eigenvalue weighted by Crippen LogP contribution is -2.40. The minimum atomic E-state index is -0.307. The Hall–Kier alpha value is -1.72. The summed E-state index contributed by atoms with van der Waals surface area (Å²) in [4.78, 5) is 24.0. The highest BCUT2D eigenvalue weighted by Crippen LogP contribution is 2.24. The maximum absolute atomic E-state index is 12.0. The van der Waals surface area contributed by atoms with Crippen LogP contribution in [0.3, 0.4) is 0 Å². The molecule has 0 bridgehead atoms. The molecule has 2 heterocycles. The van der Waals surface area contributed by atoms with E-state index in [1.165, 1.54) is 22.5 Å². The molecule has 1 aliphatic heterocycles. The average molecular weight is 572 g/mol. The number of hydrogen-bond acceptors (Lipinski definition) is 6. The Labute approximate surface area is 212 Å². The van der Waals surface area contributed by atoms with Crippen LogP contribution in [0.2, 0.25) is 0 Å². The standard InChI is InChI=1S/C23H33N5O2S.HI/c1-5-30-22(29)20-16(2)26-21(31-20)17(3)27-23(24-4)25-12-8-13-28-14-11-18-9-6-7-10-19(18)15-28;/h6-7,9-10,17H,5,8,11-15H2,1-4H3,(H2,24,25,27);1H. The summed E-state index contributed by atoms with van der Waals surface area (Å²) in [6.45, 7) is 10.1. The summed E-state index contributed by atoms with van der Waals surface area (Å²) in [6.07, 6.45) is 2.17. The summed E-state index contributed by atoms with van der Waals surface area (Å²) in [5.41, 5.74) is 3.64. The third kappa shape index (κ3) is 7.14. The van der Waals surface area contributed by atoms with Crippen LogP contribution in [0.5, 0.6) is 0 Å². The van der Waals surface area contributed by atoms with Crippen molar-refractivity contribution >= 4 is 47.2 Å². The lowest BCUT2D eigenvalue weighted by molar-refractivity contribution is 0.0531. The fourth-order valence-corrected chi connectivity index (χ4v) is 4.67. The zero-order valence-corrected chi connectivity index (χ0v) is 22.5. The fourth-order valence-electron chi connectivity index (χ4n) is 3.70. The predicted octanol–water partition coefficient (Wildman–Crippen LogP) is 3.92. The largest absolute Gasteiger partial charge is 0.462 e. The number of rotatable bonds is 8. The van der Waals surface area contributed by atoms with Gasteiger partial charge in [0.15, 0.2) is 5.96 Å². The molecule has 1 atom stereocenters. The smallest absolute Gasteiger partial charge is 0.350 e. The number of benzene rings is 1. The number of carbonyl (C=O) groups is 1. The maximum atomic E-state index is 12.0. The highest BCUT2D eigenvalue weighted by molar-refractivity contribution is 14.0. The first-order valence-electron chi connectivity index (χ1n) is 10.9. The predicted molar refractivity (Wildman–Crippen MR) is 141 cm³/mol. The van der Waals surface area contributed by atoms with E-state index < -0.39 is 0 Å². The second-order valence-electron chi connectivity index (χ2n) is 7.70. The minimum Gasteiger partial charge on any atom is -0.462 e. The van der Waals surface area contributed by atoms with Gasteiger partial charge in [-0.3, -0.25) is 9.89 Å². The number of aliphatic imine (C=N–C) groups is 1. The van der Waals surface area contributed by atoms with Crippen molar-refractivity contribution in [3.63, 3.8) is 0 Å². The molecule has 0 fully saturated rings. The third-order valence-electron chi connectivity index (χ3n) is 5.37. The van der Waals surface area contributed by atoms with Gasteiger partial charge < -0.3 is 15.4 Å². The van der Waals surface area contributed by atoms with Crippen LogP contribution in [0.15, 0.2) is 29.3 Å². The normalized spacial score (nSPS) is 14.8. The molecular formula is C23H34IN5O2S. The first kappa shape index (κ1) is 26.5. The first-order chi connectivity index (χ1) is 15.0. The number of aryl methyl sites for hydroxylation is 1. The van der Waals surface area contributed by atoms with Gasteiger partial charge in [-0.15, -0.1) is 35.3 Å². The summed E-state index contributed by atoms with van der Waals surface area (Å²) < 4.78 is 5.11. The number of hydrogen-bond donors (Lipinski definition) is 2. The number of nitrogens with zero attached hydrogens (tertiary/aromatic N) is 3. The summed E-state index contributed by atoms with van der Waals surface area (Å²) >= 11 is 1.37. The van der Waals surface area contributed by atoms with E-state index in [0.717, 1.165) is 50.0 Å². The third-order valence-corrected chi connectivity index (χ3v) is 6.69. The molecule has 32 heavy (non-hydrogen) atoms. The molecule has 1 unspecified atom stereocenters. The van der Waals surface area contributed by atoms with Crippen molar-refractivity contribution < 1.29 is 9.53 Å². The van der Waals surface area contributed by atoms with Gasteiger partial charge in [0.2, 0.25) is 0 Å². The number of carbonyl (C=O) groups excluding carboxylic acids is 1. The molecule has 9 heteroatoms. The molecule has 0 amide bonds. The summed E-state index contributed by atoms with van der Waals surface area (Å²) in [5.74, 6) is 0.431. The van der Waals surface area contributed by atoms with Crippen LogP contribution in [-0.2, 0) is 17.7 Å². The van der Waals surface area contributed by atoms with Gasteiger partial charge in [-0.1, -0.05) is 24.3 Å². The lowest BCUT2D eigenvalue weighted by Gasteiger charge is -2.28. The number of guanidine groups is 1. The molecule has 1 aliphatic rings. The van der Waals surface area contributed by atoms with Crippen LogP contribution >= 0.6 is 35.3 Å². The van der Waals surface area contributed by atoms with Crippen LogP contribution in [0, 0.1) is 6.92 Å². The van der Waals surface area contributed by atoms with E-state index in [4.69, 9.17) is 4.74 Å². The van der Waals surface area contributed by atoms with Crippen LogP contribution in [0.1, 0.15) is 57.8 Å². The van der Waals surface area contributed by atoms with Gasteiger partial charge in [-0.2, -0.15) is 0 Å². The Kier molecular flexibility index (Phi) is 10.9. The van der Waals surface area contributed by atoms with Crippen LogP contribution in [0.4, 0.5) is 0 Å². The average Bonchev–Trinajstić information content (AvgIpc) is 3.17. The van der Waals surface area contributed by atoms with Crippen molar-refractivity contribution in [2.75, 3.05) is 33.3 Å². The fraction of sp³-hybridized carbons (Fsp3) is 0.522. The van der Waals surface area contributed by atoms with Crippen molar-refractivity contribution in [1.82, 2.24) is 20.5 Å². The highest BCUT2D eigenvalue weighted by Gasteiger charge is 2.20. The zero-order chi connectivity index (χ0) is 22.2. The van der Waals surface area contributed by atoms with Gasteiger partial charge in [0.05, 0.1) is 18.3 Å². The Morgan fingerprint density at radius 2 is 2.09 bits per heavy atom. The molecule has 176 valence electrons. The monoisotopic (exact) mass is 571 g/mol. The van der Waals surface area contributed by atoms with Gasteiger partial charge in [-0.25, -0.2) is 9.78 Å². The van der Waals surface area contributed by atoms with E-state index in [-0.39, 0.29) is 36.0 Å². The molecule has 0 saturated heterocycles. The van der Waals surface area contributed by atoms with Crippen molar-refractivity contribution in [3.05, 3.63) is 51.0 Å². The Balaban J connectivity index is 0.00000363. The molecule has 0 radical (unpaired) electrons. The van der Waals surface area contributed by atoms with Crippen LogP contribution < -0.4 is 10.6 Å². The number of halogens is 1. The van der Waals surface area contributed by atoms with Crippen molar-refractivity contribution in [2.24, 2.45) is 4.99 Å². The first-order valence-corrected chi connectivity index (χ1v) is 11.7. The van der Waals surface area contributed by atoms with Gasteiger partial charge in [-0.05, 0) is 44.7 Å². The summed E-state index contributed by atoms with van der Waals surface area (Å²) in [6, 6.07) is 8.67. The van der Waals surface area contributed by atoms with Crippen molar-refractivity contribution in [3.8, 4) is 0 Å². The van der Waals surface area contributed by atoms with Gasteiger partial charge >= 0.3 is 5.97 Å². The summed E-state index contributed by atoms with van der Waals surface area (Å²) in [7, 11) is 1.76. The topological polar surface area (TPSA) is 78.8 Å². The number of thiazole rings is 1. The second kappa shape index (κ2) is 13.1. The number of ether oxygens (including phenoxy) is 1. The Bertz CT molecular complexity index is 918. The van der Waals surface area contributed by atoms with Crippen molar-refractivity contribution in [2.45, 2.75) is 46.2 Å². The van der Waals surface area contributed by atoms with E-state index in [1.807, 2.05) is 13.8 Å². The van der Waals surface area contributed by atoms with Gasteiger partial charge in [0.25, 0.3) is 0 Å². The molecule has 0 aliphatic carbocycles. The van der Waals surface area contributed by atoms with Crippen LogP contribution in [-0.4, -0.2) is 55.1 Å². The van der Waals surface area contributed by atoms with E-state index in [9.17, 15) is 4.79 Å². The van der Waals surface area contributed by atoms with Gasteiger partial charge in [0, 0.05) is 33.2 Å². The molecule has 0 saturated carbocycles. The highest BCUT2D eigenvalue weighted by atomic mass is 127. The quantitative estimate of drug-likeness (QED) is 0.165. The summed E-state index contributed by atoms with van der Waals surface area (Å²) in [5, 5.41) is 7.60. The van der Waals surface area contributed by atoms with E-state index in [0.29, 0.717) is 17.2 Å². The maximum Gasteiger partial charge on any atom is 0.350 e. The molecule has 2 aromatic rings. The molecule has 0 spiro atoms. The SMILES string of the molecule is CCOC(=O)c1sc(C(C)NC(=NC)NCCCN2CCc3ccccc3C2)nc1C.I. The van der Waals surface area contributed by atoms with E-state index in [2.05, 4.69) is 49.8 Å². The molecular weight excluding hydrogens is 537 g/mol. The second-order valence-corrected chi connectivity index (χ2v) is 8.73. The Morgan fingerprint density at radius 1 is 1.34 bits per heavy atom. The molecule has 1 aromatic carbocycles. The Morgan fingerprint density at radius 3 is 2.81 bits per heavy atom. The van der Waals surface area contributed by atoms with Crippen LogP contribution in [0.25, 0.3) is 0 Å². The number of esters is 1. The zero-order valence-electron chi connectivity index (χ0n) is 19.3. The molecule has 3 rings (SSSR count). The molecule has 2 N–H and O–H groups in total. The van der Waals surface area contributed by atoms with E-state index in [1.54, 1.807) is 14.0 Å². The minimum absolute atomic E-state index is 0. The van der Waals surface area contributed by atoms with Gasteiger partial charge in [0.1, 0.15) is 9.88 Å². The number of nitrogens with one attached hydrogen (secondary N) is 2. The molecule has 1 aromatic heterocycles. The number of aromatic nitrogens is 1. The number of fused-ring (bicyclic) bond motifs is 1. The van der Waals surface area contributed by atoms with E-state index >= 15 is 0 Å². The van der Waals surface area contributed by atoms with Crippen molar-refractivity contribution in [1.29, 1.82) is 0 Å².